The van der Waals surface area contributed by atoms with Crippen LogP contribution in [0.3, 0.4) is 0 Å². The number of hydrogen-bond acceptors (Lipinski definition) is 3. The molecule has 5 rings (SSSR count). The van der Waals surface area contributed by atoms with Crippen LogP contribution in [0, 0.1) is 11.3 Å². The van der Waals surface area contributed by atoms with Gasteiger partial charge < -0.3 is 9.88 Å². The van der Waals surface area contributed by atoms with Crippen molar-refractivity contribution >= 4 is 28.3 Å². The number of anilines is 1. The zero-order valence-electron chi connectivity index (χ0n) is 16.0. The molecule has 1 aromatic heterocycles. The SMILES string of the molecule is CC(C)(C)n1cc(C#N)c2c1NC(=O)C[C@@]21C(=O)c2cccc3cccc1c23. The molecule has 0 radical (unpaired) electrons. The topological polar surface area (TPSA) is 74.9 Å². The predicted octanol–water partition coefficient (Wildman–Crippen LogP) is 4.09. The quantitative estimate of drug-likeness (QED) is 0.648. The number of amides is 1. The third-order valence-corrected chi connectivity index (χ3v) is 5.96. The number of nitriles is 1. The van der Waals surface area contributed by atoms with Gasteiger partial charge in [-0.05, 0) is 37.1 Å². The van der Waals surface area contributed by atoms with Crippen LogP contribution in [0.4, 0.5) is 5.82 Å². The van der Waals surface area contributed by atoms with Crippen molar-refractivity contribution in [1.82, 2.24) is 4.57 Å². The molecule has 1 N–H and O–H groups in total. The van der Waals surface area contributed by atoms with E-state index in [9.17, 15) is 14.9 Å². The number of aromatic nitrogens is 1. The molecule has 0 bridgehead atoms. The minimum Gasteiger partial charge on any atom is -0.328 e. The van der Waals surface area contributed by atoms with E-state index in [2.05, 4.69) is 11.4 Å². The number of rotatable bonds is 0. The van der Waals surface area contributed by atoms with E-state index in [4.69, 9.17) is 0 Å². The second kappa shape index (κ2) is 5.11. The van der Waals surface area contributed by atoms with Gasteiger partial charge in [0.1, 0.15) is 11.9 Å². The molecule has 1 spiro atoms. The molecule has 2 aromatic carbocycles. The minimum absolute atomic E-state index is 0.00939. The average Bonchev–Trinajstić information content (AvgIpc) is 3.14. The van der Waals surface area contributed by atoms with Crippen LogP contribution in [-0.4, -0.2) is 16.3 Å². The largest absolute Gasteiger partial charge is 0.328 e. The number of hydrogen-bond donors (Lipinski definition) is 1. The summed E-state index contributed by atoms with van der Waals surface area (Å²) in [5, 5.41) is 14.7. The number of carbonyl (C=O) groups excluding carboxylic acids is 2. The van der Waals surface area contributed by atoms with Crippen molar-refractivity contribution in [2.45, 2.75) is 38.1 Å². The van der Waals surface area contributed by atoms with Crippen molar-refractivity contribution in [1.29, 1.82) is 5.26 Å². The van der Waals surface area contributed by atoms with E-state index >= 15 is 0 Å². The number of nitrogens with one attached hydrogen (secondary N) is 1. The smallest absolute Gasteiger partial charge is 0.227 e. The molecule has 5 nitrogen and oxygen atoms in total. The Kier molecular flexibility index (Phi) is 3.06. The van der Waals surface area contributed by atoms with Crippen LogP contribution in [0.2, 0.25) is 0 Å². The van der Waals surface area contributed by atoms with Crippen LogP contribution in [0.15, 0.2) is 42.6 Å². The summed E-state index contributed by atoms with van der Waals surface area (Å²) in [6, 6.07) is 13.8. The van der Waals surface area contributed by atoms with Gasteiger partial charge in [0.15, 0.2) is 5.78 Å². The Balaban J connectivity index is 1.94. The number of benzene rings is 2. The number of ketones is 1. The number of nitrogens with zero attached hydrogens (tertiary/aromatic N) is 2. The van der Waals surface area contributed by atoms with Crippen molar-refractivity contribution in [2.24, 2.45) is 0 Å². The number of carbonyl (C=O) groups is 2. The monoisotopic (exact) mass is 369 g/mol. The number of Topliss-reactive ketones (excluding diaryl/α,β-unsaturated/α-hetero) is 1. The van der Waals surface area contributed by atoms with Gasteiger partial charge in [-0.3, -0.25) is 9.59 Å². The molecule has 5 heteroatoms. The molecule has 138 valence electrons. The van der Waals surface area contributed by atoms with Gasteiger partial charge in [-0.2, -0.15) is 5.26 Å². The summed E-state index contributed by atoms with van der Waals surface area (Å²) < 4.78 is 1.90. The first kappa shape index (κ1) is 16.8. The van der Waals surface area contributed by atoms with Crippen molar-refractivity contribution in [2.75, 3.05) is 5.32 Å². The Morgan fingerprint density at radius 2 is 1.86 bits per heavy atom. The van der Waals surface area contributed by atoms with Crippen molar-refractivity contribution in [3.05, 3.63) is 64.8 Å². The van der Waals surface area contributed by atoms with Crippen molar-refractivity contribution in [3.8, 4) is 6.07 Å². The predicted molar refractivity (Wildman–Crippen MR) is 106 cm³/mol. The van der Waals surface area contributed by atoms with Crippen LogP contribution in [0.1, 0.15) is 54.2 Å². The molecule has 2 heterocycles. The van der Waals surface area contributed by atoms with Gasteiger partial charge in [-0.25, -0.2) is 0 Å². The maximum Gasteiger partial charge on any atom is 0.227 e. The molecule has 0 fully saturated rings. The minimum atomic E-state index is -1.15. The van der Waals surface area contributed by atoms with Gasteiger partial charge in [0.05, 0.1) is 11.0 Å². The Labute approximate surface area is 162 Å². The number of fused-ring (bicyclic) bond motifs is 3. The van der Waals surface area contributed by atoms with Gasteiger partial charge in [-0.15, -0.1) is 0 Å². The highest BCUT2D eigenvalue weighted by Crippen LogP contribution is 2.54. The van der Waals surface area contributed by atoms with E-state index in [0.29, 0.717) is 22.5 Å². The van der Waals surface area contributed by atoms with Crippen LogP contribution in [-0.2, 0) is 15.7 Å². The molecule has 1 aliphatic heterocycles. The van der Waals surface area contributed by atoms with Crippen molar-refractivity contribution < 1.29 is 9.59 Å². The van der Waals surface area contributed by atoms with E-state index in [1.807, 2.05) is 61.7 Å². The molecular formula is C23H19N3O2. The summed E-state index contributed by atoms with van der Waals surface area (Å²) in [5.41, 5.74) is 1.00. The highest BCUT2D eigenvalue weighted by Gasteiger charge is 2.55. The lowest BCUT2D eigenvalue weighted by atomic mass is 9.69. The molecule has 0 saturated heterocycles. The highest BCUT2D eigenvalue weighted by atomic mass is 16.2. The Morgan fingerprint density at radius 3 is 2.54 bits per heavy atom. The van der Waals surface area contributed by atoms with Crippen molar-refractivity contribution in [3.63, 3.8) is 0 Å². The average molecular weight is 369 g/mol. The van der Waals surface area contributed by atoms with Gasteiger partial charge in [0.25, 0.3) is 0 Å². The van der Waals surface area contributed by atoms with Gasteiger partial charge in [-0.1, -0.05) is 36.4 Å². The summed E-state index contributed by atoms with van der Waals surface area (Å²) in [6.45, 7) is 6.02. The summed E-state index contributed by atoms with van der Waals surface area (Å²) in [5.74, 6) is 0.246. The van der Waals surface area contributed by atoms with Gasteiger partial charge in [0, 0.05) is 29.3 Å². The zero-order valence-corrected chi connectivity index (χ0v) is 16.0. The lowest BCUT2D eigenvalue weighted by molar-refractivity contribution is -0.117. The molecular weight excluding hydrogens is 350 g/mol. The zero-order chi connectivity index (χ0) is 19.8. The lowest BCUT2D eigenvalue weighted by Crippen LogP contribution is -2.43. The highest BCUT2D eigenvalue weighted by molar-refractivity contribution is 6.25. The Hall–Kier alpha value is -3.39. The van der Waals surface area contributed by atoms with E-state index in [0.717, 1.165) is 16.3 Å². The lowest BCUT2D eigenvalue weighted by Gasteiger charge is -2.35. The van der Waals surface area contributed by atoms with E-state index < -0.39 is 5.41 Å². The Morgan fingerprint density at radius 1 is 1.14 bits per heavy atom. The molecule has 0 saturated carbocycles. The fraction of sp³-hybridized carbons (Fsp3) is 0.261. The first-order valence-electron chi connectivity index (χ1n) is 9.32. The standard InChI is InChI=1S/C23H19N3O2/c1-22(2,3)26-12-14(11-24)19-21(26)25-17(27)10-23(19)16-9-5-7-13-6-4-8-15(18(13)16)20(23)28/h4-9,12H,10H2,1-3H3,(H,25,27)/t23-/m0/s1. The molecule has 1 amide bonds. The van der Waals surface area contributed by atoms with Crippen LogP contribution >= 0.6 is 0 Å². The van der Waals surface area contributed by atoms with Crippen LogP contribution in [0.25, 0.3) is 10.8 Å². The van der Waals surface area contributed by atoms with Gasteiger partial charge in [0.2, 0.25) is 5.91 Å². The third kappa shape index (κ3) is 1.85. The molecule has 1 atom stereocenters. The maximum absolute atomic E-state index is 13.8. The van der Waals surface area contributed by atoms with Crippen LogP contribution in [0.5, 0.6) is 0 Å². The molecule has 1 aliphatic carbocycles. The summed E-state index contributed by atoms with van der Waals surface area (Å²) in [4.78, 5) is 26.6. The summed E-state index contributed by atoms with van der Waals surface area (Å²) in [6.07, 6.45) is 1.77. The molecule has 28 heavy (non-hydrogen) atoms. The van der Waals surface area contributed by atoms with E-state index in [1.165, 1.54) is 0 Å². The fourth-order valence-electron chi connectivity index (χ4n) is 4.84. The maximum atomic E-state index is 13.8. The molecule has 2 aliphatic rings. The second-order valence-electron chi connectivity index (χ2n) is 8.59. The third-order valence-electron chi connectivity index (χ3n) is 5.96. The molecule has 3 aromatic rings. The van der Waals surface area contributed by atoms with Crippen LogP contribution < -0.4 is 5.32 Å². The summed E-state index contributed by atoms with van der Waals surface area (Å²) in [7, 11) is 0. The first-order chi connectivity index (χ1) is 13.3. The normalized spacial score (nSPS) is 20.4. The molecule has 0 unspecified atom stereocenters. The second-order valence-corrected chi connectivity index (χ2v) is 8.59. The van der Waals surface area contributed by atoms with E-state index in [-0.39, 0.29) is 23.7 Å². The summed E-state index contributed by atoms with van der Waals surface area (Å²) >= 11 is 0. The van der Waals surface area contributed by atoms with E-state index in [1.54, 1.807) is 6.20 Å². The fourth-order valence-corrected chi connectivity index (χ4v) is 4.84. The first-order valence-corrected chi connectivity index (χ1v) is 9.32. The van der Waals surface area contributed by atoms with Gasteiger partial charge >= 0.3 is 0 Å². The Bertz CT molecular complexity index is 1250.